The molecule has 108 valence electrons. The summed E-state index contributed by atoms with van der Waals surface area (Å²) in [5, 5.41) is 3.74. The van der Waals surface area contributed by atoms with Crippen LogP contribution in [-0.4, -0.2) is 37.0 Å². The van der Waals surface area contributed by atoms with Crippen molar-refractivity contribution in [1.29, 1.82) is 0 Å². The van der Waals surface area contributed by atoms with Gasteiger partial charge >= 0.3 is 0 Å². The van der Waals surface area contributed by atoms with Crippen molar-refractivity contribution < 1.29 is 12.9 Å². The first kappa shape index (κ1) is 14.5. The Bertz CT molecular complexity index is 533. The topological polar surface area (TPSA) is 89.4 Å². The highest BCUT2D eigenvalue weighted by Gasteiger charge is 2.37. The Hall–Kier alpha value is -0.920. The molecule has 0 saturated carbocycles. The van der Waals surface area contributed by atoms with Crippen LogP contribution in [0.3, 0.4) is 0 Å². The zero-order valence-electron chi connectivity index (χ0n) is 11.6. The summed E-state index contributed by atoms with van der Waals surface area (Å²) >= 11 is 0. The van der Waals surface area contributed by atoms with Crippen LogP contribution in [-0.2, 0) is 10.0 Å². The van der Waals surface area contributed by atoms with Crippen molar-refractivity contribution in [2.45, 2.75) is 44.6 Å². The van der Waals surface area contributed by atoms with Crippen molar-refractivity contribution in [2.24, 2.45) is 11.7 Å². The minimum atomic E-state index is -3.55. The number of nitrogens with two attached hydrogens (primary N) is 1. The van der Waals surface area contributed by atoms with Crippen molar-refractivity contribution in [3.05, 3.63) is 11.5 Å². The molecule has 2 N–H and O–H groups in total. The van der Waals surface area contributed by atoms with Crippen LogP contribution in [0.15, 0.2) is 9.42 Å². The number of piperidine rings is 1. The maximum Gasteiger partial charge on any atom is 0.248 e. The van der Waals surface area contributed by atoms with Crippen molar-refractivity contribution >= 4 is 10.0 Å². The Morgan fingerprint density at radius 1 is 1.42 bits per heavy atom. The third kappa shape index (κ3) is 2.54. The predicted molar refractivity (Wildman–Crippen MR) is 71.1 cm³/mol. The Labute approximate surface area is 114 Å². The normalized spacial score (nSPS) is 25.7. The van der Waals surface area contributed by atoms with E-state index in [2.05, 4.69) is 5.16 Å². The van der Waals surface area contributed by atoms with Gasteiger partial charge in [0.25, 0.3) is 0 Å². The molecule has 1 aliphatic rings. The first-order valence-corrected chi connectivity index (χ1v) is 7.96. The van der Waals surface area contributed by atoms with Gasteiger partial charge in [0.1, 0.15) is 10.6 Å². The van der Waals surface area contributed by atoms with E-state index in [0.29, 0.717) is 24.5 Å². The van der Waals surface area contributed by atoms with Crippen LogP contribution in [0.5, 0.6) is 0 Å². The van der Waals surface area contributed by atoms with Crippen LogP contribution >= 0.6 is 0 Å². The number of nitrogens with zero attached hydrogens (tertiary/aromatic N) is 2. The van der Waals surface area contributed by atoms with E-state index in [9.17, 15) is 8.42 Å². The molecular weight excluding hydrogens is 266 g/mol. The fourth-order valence-corrected chi connectivity index (χ4v) is 4.67. The minimum absolute atomic E-state index is 0.0125. The minimum Gasteiger partial charge on any atom is -0.360 e. The second kappa shape index (κ2) is 5.22. The molecule has 1 aromatic rings. The van der Waals surface area contributed by atoms with Gasteiger partial charge in [0.15, 0.2) is 5.76 Å². The quantitative estimate of drug-likeness (QED) is 0.897. The van der Waals surface area contributed by atoms with Crippen LogP contribution in [0.1, 0.15) is 31.2 Å². The maximum absolute atomic E-state index is 12.7. The van der Waals surface area contributed by atoms with Gasteiger partial charge in [-0.05, 0) is 46.1 Å². The Morgan fingerprint density at radius 2 is 2.11 bits per heavy atom. The summed E-state index contributed by atoms with van der Waals surface area (Å²) in [6, 6.07) is -0.0125. The van der Waals surface area contributed by atoms with Crippen LogP contribution in [0.4, 0.5) is 0 Å². The summed E-state index contributed by atoms with van der Waals surface area (Å²) < 4.78 is 32.0. The Kier molecular flexibility index (Phi) is 3.98. The SMILES string of the molecule is Cc1noc(C)c1S(=O)(=O)N1CC(CN)CCC1C. The number of aryl methyl sites for hydroxylation is 2. The monoisotopic (exact) mass is 287 g/mol. The molecule has 0 aromatic carbocycles. The number of hydrogen-bond acceptors (Lipinski definition) is 5. The summed E-state index contributed by atoms with van der Waals surface area (Å²) in [6.07, 6.45) is 1.82. The zero-order chi connectivity index (χ0) is 14.2. The van der Waals surface area contributed by atoms with Gasteiger partial charge in [-0.1, -0.05) is 5.16 Å². The van der Waals surface area contributed by atoms with Gasteiger partial charge in [-0.25, -0.2) is 8.42 Å². The molecule has 1 saturated heterocycles. The van der Waals surface area contributed by atoms with E-state index in [1.807, 2.05) is 6.92 Å². The van der Waals surface area contributed by atoms with Crippen LogP contribution in [0, 0.1) is 19.8 Å². The van der Waals surface area contributed by atoms with Crippen molar-refractivity contribution in [1.82, 2.24) is 9.46 Å². The lowest BCUT2D eigenvalue weighted by atomic mass is 9.96. The molecule has 0 bridgehead atoms. The third-order valence-corrected chi connectivity index (χ3v) is 6.02. The van der Waals surface area contributed by atoms with Gasteiger partial charge in [-0.15, -0.1) is 0 Å². The molecule has 1 aromatic heterocycles. The van der Waals surface area contributed by atoms with Gasteiger partial charge in [-0.3, -0.25) is 0 Å². The maximum atomic E-state index is 12.7. The number of sulfonamides is 1. The van der Waals surface area contributed by atoms with Crippen LogP contribution < -0.4 is 5.73 Å². The van der Waals surface area contributed by atoms with Gasteiger partial charge in [0.05, 0.1) is 0 Å². The number of rotatable bonds is 3. The lowest BCUT2D eigenvalue weighted by Gasteiger charge is -2.36. The molecule has 0 radical (unpaired) electrons. The van der Waals surface area contributed by atoms with Gasteiger partial charge in [0, 0.05) is 12.6 Å². The summed E-state index contributed by atoms with van der Waals surface area (Å²) in [7, 11) is -3.55. The van der Waals surface area contributed by atoms with Crippen LogP contribution in [0.2, 0.25) is 0 Å². The smallest absolute Gasteiger partial charge is 0.248 e. The molecule has 2 heterocycles. The van der Waals surface area contributed by atoms with Crippen molar-refractivity contribution in [3.8, 4) is 0 Å². The highest BCUT2D eigenvalue weighted by Crippen LogP contribution is 2.30. The van der Waals surface area contributed by atoms with Gasteiger partial charge in [-0.2, -0.15) is 4.31 Å². The van der Waals surface area contributed by atoms with E-state index in [-0.39, 0.29) is 16.9 Å². The highest BCUT2D eigenvalue weighted by molar-refractivity contribution is 7.89. The largest absolute Gasteiger partial charge is 0.360 e. The fourth-order valence-electron chi connectivity index (χ4n) is 2.63. The van der Waals surface area contributed by atoms with E-state index >= 15 is 0 Å². The second-order valence-corrected chi connectivity index (χ2v) is 7.08. The first-order valence-electron chi connectivity index (χ1n) is 6.52. The molecule has 2 unspecified atom stereocenters. The van der Waals surface area contributed by atoms with Crippen LogP contribution in [0.25, 0.3) is 0 Å². The fraction of sp³-hybridized carbons (Fsp3) is 0.750. The molecule has 0 amide bonds. The number of aromatic nitrogens is 1. The molecular formula is C12H21N3O3S. The van der Waals surface area contributed by atoms with Gasteiger partial charge < -0.3 is 10.3 Å². The van der Waals surface area contributed by atoms with E-state index in [1.54, 1.807) is 18.2 Å². The second-order valence-electron chi connectivity index (χ2n) is 5.26. The molecule has 2 atom stereocenters. The summed E-state index contributed by atoms with van der Waals surface area (Å²) in [4.78, 5) is 0.206. The summed E-state index contributed by atoms with van der Waals surface area (Å²) in [6.45, 7) is 6.20. The lowest BCUT2D eigenvalue weighted by Crippen LogP contribution is -2.47. The molecule has 2 rings (SSSR count). The highest BCUT2D eigenvalue weighted by atomic mass is 32.2. The molecule has 1 fully saturated rings. The van der Waals surface area contributed by atoms with E-state index < -0.39 is 10.0 Å². The summed E-state index contributed by atoms with van der Waals surface area (Å²) in [5.41, 5.74) is 6.10. The Morgan fingerprint density at radius 3 is 2.63 bits per heavy atom. The molecule has 0 aliphatic carbocycles. The molecule has 19 heavy (non-hydrogen) atoms. The van der Waals surface area contributed by atoms with Crippen molar-refractivity contribution in [3.63, 3.8) is 0 Å². The van der Waals surface area contributed by atoms with E-state index in [1.165, 1.54) is 0 Å². The zero-order valence-corrected chi connectivity index (χ0v) is 12.4. The lowest BCUT2D eigenvalue weighted by molar-refractivity contribution is 0.211. The van der Waals surface area contributed by atoms with E-state index in [0.717, 1.165) is 12.8 Å². The Balaban J connectivity index is 2.38. The third-order valence-electron chi connectivity index (χ3n) is 3.79. The summed E-state index contributed by atoms with van der Waals surface area (Å²) in [5.74, 6) is 0.575. The first-order chi connectivity index (χ1) is 8.87. The van der Waals surface area contributed by atoms with Crippen molar-refractivity contribution in [2.75, 3.05) is 13.1 Å². The average molecular weight is 287 g/mol. The molecule has 1 aliphatic heterocycles. The average Bonchev–Trinajstić information content (AvgIpc) is 2.70. The van der Waals surface area contributed by atoms with Gasteiger partial charge in [0.2, 0.25) is 10.0 Å². The molecule has 6 nitrogen and oxygen atoms in total. The standard InChI is InChI=1S/C12H21N3O3S/c1-8-4-5-11(6-13)7-15(8)19(16,17)12-9(2)14-18-10(12)3/h8,11H,4-7,13H2,1-3H3. The molecule has 0 spiro atoms. The number of hydrogen-bond donors (Lipinski definition) is 1. The van der Waals surface area contributed by atoms with E-state index in [4.69, 9.17) is 10.3 Å². The molecule has 7 heteroatoms. The predicted octanol–water partition coefficient (Wildman–Crippen LogP) is 1.04.